The van der Waals surface area contributed by atoms with Crippen molar-refractivity contribution in [1.29, 1.82) is 0 Å². The van der Waals surface area contributed by atoms with E-state index in [9.17, 15) is 13.2 Å². The summed E-state index contributed by atoms with van der Waals surface area (Å²) in [6.07, 6.45) is -2.85. The molecule has 0 aliphatic heterocycles. The van der Waals surface area contributed by atoms with Crippen LogP contribution in [0.1, 0.15) is 16.7 Å². The molecule has 2 aromatic rings. The first-order valence-corrected chi connectivity index (χ1v) is 10.3. The summed E-state index contributed by atoms with van der Waals surface area (Å²) in [6, 6.07) is 13.7. The normalized spacial score (nSPS) is 12.0. The maximum Gasteiger partial charge on any atom is 0.416 e. The van der Waals surface area contributed by atoms with Crippen LogP contribution in [0.15, 0.2) is 61.7 Å². The Hall–Kier alpha value is -2.07. The first kappa shape index (κ1) is 17.3. The fourth-order valence-electron chi connectivity index (χ4n) is 2.64. The summed E-state index contributed by atoms with van der Waals surface area (Å²) in [5.41, 5.74) is 0.916. The third-order valence-corrected chi connectivity index (χ3v) is 7.75. The second-order valence-electron chi connectivity index (χ2n) is 5.97. The van der Waals surface area contributed by atoms with E-state index in [2.05, 4.69) is 26.3 Å². The smallest absolute Gasteiger partial charge is 0.166 e. The molecule has 0 amide bonds. The van der Waals surface area contributed by atoms with Crippen molar-refractivity contribution in [2.75, 3.05) is 0 Å². The van der Waals surface area contributed by atoms with Crippen molar-refractivity contribution in [3.63, 3.8) is 0 Å². The molecule has 0 aliphatic rings. The summed E-state index contributed by atoms with van der Waals surface area (Å²) >= 11 is 0. The largest absolute Gasteiger partial charge is 0.416 e. The molecule has 0 fully saturated rings. The summed E-state index contributed by atoms with van der Waals surface area (Å²) in [5.74, 6) is 0. The molecule has 0 spiro atoms. The van der Waals surface area contributed by atoms with E-state index in [1.165, 1.54) is 12.1 Å². The lowest BCUT2D eigenvalue weighted by atomic mass is 10.1. The van der Waals surface area contributed by atoms with Crippen LogP contribution in [0.25, 0.3) is 11.3 Å². The van der Waals surface area contributed by atoms with Crippen molar-refractivity contribution in [3.8, 4) is 0 Å². The van der Waals surface area contributed by atoms with Gasteiger partial charge in [0, 0.05) is 0 Å². The lowest BCUT2D eigenvalue weighted by Gasteiger charge is -2.28. The van der Waals surface area contributed by atoms with Gasteiger partial charge in [-0.1, -0.05) is 80.0 Å². The highest BCUT2D eigenvalue weighted by Crippen LogP contribution is 2.31. The summed E-state index contributed by atoms with van der Waals surface area (Å²) in [6.45, 7) is 12.1. The molecule has 2 aromatic carbocycles. The van der Waals surface area contributed by atoms with Gasteiger partial charge in [-0.3, -0.25) is 0 Å². The van der Waals surface area contributed by atoms with Gasteiger partial charge in [-0.15, -0.1) is 0 Å². The molecule has 0 aromatic heterocycles. The molecule has 23 heavy (non-hydrogen) atoms. The Bertz CT molecular complexity index is 728. The predicted molar refractivity (Wildman–Crippen MR) is 94.1 cm³/mol. The molecule has 0 nitrogen and oxygen atoms in total. The van der Waals surface area contributed by atoms with Crippen LogP contribution in [0.2, 0.25) is 13.1 Å². The van der Waals surface area contributed by atoms with Gasteiger partial charge in [-0.2, -0.15) is 13.2 Å². The van der Waals surface area contributed by atoms with E-state index in [4.69, 9.17) is 0 Å². The first-order chi connectivity index (χ1) is 10.7. The Morgan fingerprint density at radius 1 is 1.04 bits per heavy atom. The molecule has 0 bridgehead atoms. The predicted octanol–water partition coefficient (Wildman–Crippen LogP) is 5.52. The molecule has 4 heteroatoms. The van der Waals surface area contributed by atoms with Gasteiger partial charge in [0.15, 0.2) is 0 Å². The average Bonchev–Trinajstić information content (AvgIpc) is 2.53. The van der Waals surface area contributed by atoms with Gasteiger partial charge in [0.25, 0.3) is 0 Å². The minimum Gasteiger partial charge on any atom is -0.166 e. The van der Waals surface area contributed by atoms with Gasteiger partial charge in [0.1, 0.15) is 8.07 Å². The van der Waals surface area contributed by atoms with Gasteiger partial charge in [-0.05, 0) is 22.4 Å². The van der Waals surface area contributed by atoms with Gasteiger partial charge >= 0.3 is 6.18 Å². The van der Waals surface area contributed by atoms with Crippen molar-refractivity contribution >= 4 is 24.5 Å². The zero-order chi connectivity index (χ0) is 17.3. The number of hydrogen-bond acceptors (Lipinski definition) is 0. The second-order valence-corrected chi connectivity index (χ2v) is 10.4. The molecule has 0 saturated heterocycles. The van der Waals surface area contributed by atoms with Crippen LogP contribution in [0.5, 0.6) is 0 Å². The van der Waals surface area contributed by atoms with Crippen LogP contribution in [0.4, 0.5) is 13.2 Å². The molecule has 0 heterocycles. The number of benzene rings is 2. The number of alkyl halides is 3. The number of hydrogen-bond donors (Lipinski definition) is 0. The Morgan fingerprint density at radius 3 is 2.17 bits per heavy atom. The van der Waals surface area contributed by atoms with E-state index in [1.54, 1.807) is 6.07 Å². The maximum absolute atomic E-state index is 12.9. The topological polar surface area (TPSA) is 0 Å². The summed E-state index contributed by atoms with van der Waals surface area (Å²) < 4.78 is 38.7. The molecule has 120 valence electrons. The Labute approximate surface area is 136 Å². The van der Waals surface area contributed by atoms with E-state index in [-0.39, 0.29) is 0 Å². The van der Waals surface area contributed by atoms with Gasteiger partial charge in [0.2, 0.25) is 0 Å². The molecule has 0 unspecified atom stereocenters. The van der Waals surface area contributed by atoms with Crippen LogP contribution in [-0.2, 0) is 6.18 Å². The van der Waals surface area contributed by atoms with Crippen molar-refractivity contribution in [1.82, 2.24) is 0 Å². The average molecular weight is 332 g/mol. The lowest BCUT2D eigenvalue weighted by molar-refractivity contribution is -0.137. The van der Waals surface area contributed by atoms with E-state index in [0.717, 1.165) is 22.0 Å². The fourth-order valence-corrected chi connectivity index (χ4v) is 5.25. The van der Waals surface area contributed by atoms with Crippen LogP contribution in [-0.4, -0.2) is 8.07 Å². The first-order valence-electron chi connectivity index (χ1n) is 7.27. The summed E-state index contributed by atoms with van der Waals surface area (Å²) in [5, 5.41) is 1.90. The highest BCUT2D eigenvalue weighted by Gasteiger charge is 2.34. The molecular formula is C19H19F3Si. The molecular weight excluding hydrogens is 313 g/mol. The van der Waals surface area contributed by atoms with Crippen molar-refractivity contribution in [3.05, 3.63) is 78.4 Å². The van der Waals surface area contributed by atoms with Gasteiger partial charge < -0.3 is 0 Å². The summed E-state index contributed by atoms with van der Waals surface area (Å²) in [4.78, 5) is 0. The fraction of sp³-hybridized carbons (Fsp3) is 0.158. The quantitative estimate of drug-likeness (QED) is 0.647. The van der Waals surface area contributed by atoms with Crippen molar-refractivity contribution in [2.45, 2.75) is 19.3 Å². The van der Waals surface area contributed by atoms with E-state index < -0.39 is 19.8 Å². The van der Waals surface area contributed by atoms with Gasteiger partial charge in [-0.25, -0.2) is 0 Å². The molecule has 0 atom stereocenters. The summed E-state index contributed by atoms with van der Waals surface area (Å²) in [7, 11) is -2.20. The van der Waals surface area contributed by atoms with Crippen LogP contribution in [0, 0.1) is 0 Å². The van der Waals surface area contributed by atoms with Gasteiger partial charge in [0.05, 0.1) is 5.56 Å². The lowest BCUT2D eigenvalue weighted by Crippen LogP contribution is -2.44. The van der Waals surface area contributed by atoms with Crippen molar-refractivity contribution < 1.29 is 13.2 Å². The SMILES string of the molecule is C=Cc1cc(C(F)(F)F)ccc1[Si](C)(C)C(=C)c1ccccc1. The molecule has 0 radical (unpaired) electrons. The van der Waals surface area contributed by atoms with Crippen molar-refractivity contribution in [2.24, 2.45) is 0 Å². The number of halogens is 3. The highest BCUT2D eigenvalue weighted by molar-refractivity contribution is 7.04. The second kappa shape index (κ2) is 6.20. The zero-order valence-corrected chi connectivity index (χ0v) is 14.2. The van der Waals surface area contributed by atoms with Crippen LogP contribution >= 0.6 is 0 Å². The maximum atomic E-state index is 12.9. The monoisotopic (exact) mass is 332 g/mol. The van der Waals surface area contributed by atoms with Crippen LogP contribution < -0.4 is 5.19 Å². The number of rotatable bonds is 4. The molecule has 2 rings (SSSR count). The van der Waals surface area contributed by atoms with Crippen LogP contribution in [0.3, 0.4) is 0 Å². The standard InChI is InChI=1S/C19H19F3Si/c1-5-15-13-17(19(20,21)22)11-12-18(15)23(3,4)14(2)16-9-7-6-8-10-16/h5-13H,1-2H2,3-4H3. The minimum absolute atomic E-state index is 0.536. The third kappa shape index (κ3) is 3.48. The highest BCUT2D eigenvalue weighted by atomic mass is 28.3. The third-order valence-electron chi connectivity index (χ3n) is 4.15. The molecule has 0 saturated carbocycles. The Morgan fingerprint density at radius 2 is 1.65 bits per heavy atom. The zero-order valence-electron chi connectivity index (χ0n) is 13.2. The van der Waals surface area contributed by atoms with E-state index in [1.807, 2.05) is 30.3 Å². The van der Waals surface area contributed by atoms with E-state index >= 15 is 0 Å². The van der Waals surface area contributed by atoms with E-state index in [0.29, 0.717) is 5.56 Å². The molecule has 0 aliphatic carbocycles. The Balaban J connectivity index is 2.51. The minimum atomic E-state index is -4.35. The molecule has 0 N–H and O–H groups in total. The Kier molecular flexibility index (Phi) is 4.66.